The summed E-state index contributed by atoms with van der Waals surface area (Å²) in [6.07, 6.45) is 1.42. The highest BCUT2D eigenvalue weighted by molar-refractivity contribution is 6.28. The highest BCUT2D eigenvalue weighted by Gasteiger charge is 2.34. The highest BCUT2D eigenvalue weighted by atomic mass is 35.5. The molecule has 20 heavy (non-hydrogen) atoms. The van der Waals surface area contributed by atoms with Gasteiger partial charge in [0.15, 0.2) is 5.65 Å². The summed E-state index contributed by atoms with van der Waals surface area (Å²) >= 11 is 5.96. The van der Waals surface area contributed by atoms with Crippen molar-refractivity contribution in [2.75, 3.05) is 24.6 Å². The lowest BCUT2D eigenvalue weighted by Crippen LogP contribution is -2.54. The van der Waals surface area contributed by atoms with Gasteiger partial charge in [-0.25, -0.2) is 0 Å². The van der Waals surface area contributed by atoms with Crippen molar-refractivity contribution in [1.29, 1.82) is 0 Å². The van der Waals surface area contributed by atoms with Gasteiger partial charge in [0.25, 0.3) is 0 Å². The summed E-state index contributed by atoms with van der Waals surface area (Å²) in [4.78, 5) is 10.5. The van der Waals surface area contributed by atoms with E-state index in [0.29, 0.717) is 24.6 Å². The average Bonchev–Trinajstić information content (AvgIpc) is 2.83. The average molecular weight is 298 g/mol. The van der Waals surface area contributed by atoms with Gasteiger partial charge in [-0.3, -0.25) is 5.10 Å². The van der Waals surface area contributed by atoms with Crippen LogP contribution in [0.1, 0.15) is 13.8 Å². The molecule has 3 rings (SSSR count). The van der Waals surface area contributed by atoms with E-state index >= 15 is 0 Å². The third-order valence-corrected chi connectivity index (χ3v) is 3.42. The van der Waals surface area contributed by atoms with Crippen LogP contribution < -0.4 is 4.90 Å². The number of ether oxygens (including phenoxy) is 1. The fourth-order valence-electron chi connectivity index (χ4n) is 2.59. The predicted molar refractivity (Wildman–Crippen MR) is 74.9 cm³/mol. The Balaban J connectivity index is 2.03. The van der Waals surface area contributed by atoms with Gasteiger partial charge in [-0.2, -0.15) is 15.1 Å². The summed E-state index contributed by atoms with van der Waals surface area (Å²) in [6, 6.07) is 0. The van der Waals surface area contributed by atoms with E-state index < -0.39 is 0 Å². The SMILES string of the molecule is CC1(C)CN(c2nc(Cl)nc3[nH]ncc23)CC(CO)O1. The Kier molecular flexibility index (Phi) is 3.27. The van der Waals surface area contributed by atoms with Crippen molar-refractivity contribution in [3.05, 3.63) is 11.5 Å². The maximum atomic E-state index is 9.39. The van der Waals surface area contributed by atoms with Gasteiger partial charge in [0.1, 0.15) is 5.82 Å². The molecule has 0 aromatic carbocycles. The summed E-state index contributed by atoms with van der Waals surface area (Å²) in [5, 5.41) is 17.1. The Morgan fingerprint density at radius 3 is 3.10 bits per heavy atom. The van der Waals surface area contributed by atoms with Crippen LogP contribution in [0.5, 0.6) is 0 Å². The van der Waals surface area contributed by atoms with E-state index in [-0.39, 0.29) is 23.6 Å². The van der Waals surface area contributed by atoms with E-state index in [0.717, 1.165) is 5.39 Å². The lowest BCUT2D eigenvalue weighted by atomic mass is 10.1. The van der Waals surface area contributed by atoms with Crippen molar-refractivity contribution in [3.63, 3.8) is 0 Å². The zero-order valence-electron chi connectivity index (χ0n) is 11.3. The topological polar surface area (TPSA) is 87.2 Å². The molecule has 0 bridgehead atoms. The van der Waals surface area contributed by atoms with Gasteiger partial charge in [-0.1, -0.05) is 0 Å². The standard InChI is InChI=1S/C12H16ClN5O2/c1-12(2)6-18(4-7(5-19)20-12)10-8-3-14-17-9(8)15-11(13)16-10/h3,7,19H,4-6H2,1-2H3,(H,14,15,16,17). The molecule has 2 N–H and O–H groups in total. The first-order valence-electron chi connectivity index (χ1n) is 6.39. The van der Waals surface area contributed by atoms with Crippen LogP contribution in [0.15, 0.2) is 6.20 Å². The van der Waals surface area contributed by atoms with Gasteiger partial charge in [0, 0.05) is 13.1 Å². The Morgan fingerprint density at radius 2 is 2.35 bits per heavy atom. The van der Waals surface area contributed by atoms with E-state index in [4.69, 9.17) is 16.3 Å². The van der Waals surface area contributed by atoms with E-state index in [9.17, 15) is 5.11 Å². The van der Waals surface area contributed by atoms with Crippen LogP contribution in [-0.2, 0) is 4.74 Å². The molecule has 2 aromatic rings. The molecule has 1 aliphatic heterocycles. The fraction of sp³-hybridized carbons (Fsp3) is 0.583. The molecule has 8 heteroatoms. The number of rotatable bonds is 2. The van der Waals surface area contributed by atoms with Crippen molar-refractivity contribution in [3.8, 4) is 0 Å². The molecule has 0 saturated carbocycles. The number of nitrogens with zero attached hydrogens (tertiary/aromatic N) is 4. The molecule has 0 radical (unpaired) electrons. The summed E-state index contributed by atoms with van der Waals surface area (Å²) in [5.74, 6) is 0.712. The van der Waals surface area contributed by atoms with Crippen LogP contribution in [0, 0.1) is 0 Å². The number of fused-ring (bicyclic) bond motifs is 1. The summed E-state index contributed by atoms with van der Waals surface area (Å²) < 4.78 is 5.81. The number of hydrogen-bond donors (Lipinski definition) is 2. The van der Waals surface area contributed by atoms with Gasteiger partial charge < -0.3 is 14.7 Å². The molecule has 3 heterocycles. The molecule has 0 spiro atoms. The molecular formula is C12H16ClN5O2. The molecule has 1 saturated heterocycles. The van der Waals surface area contributed by atoms with Crippen molar-refractivity contribution >= 4 is 28.5 Å². The van der Waals surface area contributed by atoms with Crippen LogP contribution in [0.25, 0.3) is 11.0 Å². The fourth-order valence-corrected chi connectivity index (χ4v) is 2.75. The minimum atomic E-state index is -0.376. The van der Waals surface area contributed by atoms with Crippen LogP contribution in [0.2, 0.25) is 5.28 Å². The first-order valence-corrected chi connectivity index (χ1v) is 6.76. The van der Waals surface area contributed by atoms with Gasteiger partial charge in [0.2, 0.25) is 5.28 Å². The van der Waals surface area contributed by atoms with Gasteiger partial charge in [-0.05, 0) is 25.4 Å². The molecule has 1 atom stereocenters. The summed E-state index contributed by atoms with van der Waals surface area (Å²) in [6.45, 7) is 5.13. The first kappa shape index (κ1) is 13.5. The third-order valence-electron chi connectivity index (χ3n) is 3.25. The van der Waals surface area contributed by atoms with Gasteiger partial charge in [0.05, 0.1) is 29.9 Å². The smallest absolute Gasteiger partial charge is 0.226 e. The Hall–Kier alpha value is -1.44. The number of H-pyrrole nitrogens is 1. The van der Waals surface area contributed by atoms with Gasteiger partial charge in [-0.15, -0.1) is 0 Å². The van der Waals surface area contributed by atoms with Crippen LogP contribution >= 0.6 is 11.6 Å². The number of aromatic amines is 1. The molecule has 2 aromatic heterocycles. The van der Waals surface area contributed by atoms with E-state index in [2.05, 4.69) is 25.1 Å². The number of aliphatic hydroxyl groups excluding tert-OH is 1. The molecule has 0 aliphatic carbocycles. The Bertz CT molecular complexity index is 629. The van der Waals surface area contributed by atoms with Crippen LogP contribution in [0.4, 0.5) is 5.82 Å². The quantitative estimate of drug-likeness (QED) is 0.804. The summed E-state index contributed by atoms with van der Waals surface area (Å²) in [5.41, 5.74) is 0.226. The molecule has 1 fully saturated rings. The van der Waals surface area contributed by atoms with Crippen molar-refractivity contribution < 1.29 is 9.84 Å². The number of morpholine rings is 1. The summed E-state index contributed by atoms with van der Waals surface area (Å²) in [7, 11) is 0. The molecular weight excluding hydrogens is 282 g/mol. The number of nitrogens with one attached hydrogen (secondary N) is 1. The second-order valence-corrected chi connectivity index (χ2v) is 5.85. The van der Waals surface area contributed by atoms with Crippen LogP contribution in [0.3, 0.4) is 0 Å². The molecule has 1 unspecified atom stereocenters. The number of hydrogen-bond acceptors (Lipinski definition) is 6. The largest absolute Gasteiger partial charge is 0.394 e. The second kappa shape index (κ2) is 4.83. The van der Waals surface area contributed by atoms with E-state index in [1.807, 2.05) is 13.8 Å². The van der Waals surface area contributed by atoms with Gasteiger partial charge >= 0.3 is 0 Å². The number of anilines is 1. The Morgan fingerprint density at radius 1 is 1.55 bits per heavy atom. The first-order chi connectivity index (χ1) is 9.48. The molecule has 0 amide bonds. The minimum Gasteiger partial charge on any atom is -0.394 e. The zero-order valence-corrected chi connectivity index (χ0v) is 12.1. The van der Waals surface area contributed by atoms with Crippen molar-refractivity contribution in [2.45, 2.75) is 25.6 Å². The van der Waals surface area contributed by atoms with Crippen molar-refractivity contribution in [1.82, 2.24) is 20.2 Å². The normalized spacial score (nSPS) is 22.4. The molecule has 1 aliphatic rings. The maximum Gasteiger partial charge on any atom is 0.226 e. The lowest BCUT2D eigenvalue weighted by Gasteiger charge is -2.42. The third kappa shape index (κ3) is 2.44. The zero-order chi connectivity index (χ0) is 14.3. The lowest BCUT2D eigenvalue weighted by molar-refractivity contribution is -0.101. The maximum absolute atomic E-state index is 9.39. The predicted octanol–water partition coefficient (Wildman–Crippen LogP) is 0.982. The monoisotopic (exact) mass is 297 g/mol. The van der Waals surface area contributed by atoms with E-state index in [1.165, 1.54) is 0 Å². The molecule has 108 valence electrons. The number of aromatic nitrogens is 4. The number of halogens is 1. The van der Waals surface area contributed by atoms with E-state index in [1.54, 1.807) is 6.20 Å². The Labute approximate surface area is 120 Å². The highest BCUT2D eigenvalue weighted by Crippen LogP contribution is 2.29. The second-order valence-electron chi connectivity index (χ2n) is 5.51. The van der Waals surface area contributed by atoms with Crippen LogP contribution in [-0.4, -0.2) is 56.7 Å². The minimum absolute atomic E-state index is 0.0344. The van der Waals surface area contributed by atoms with Crippen molar-refractivity contribution in [2.24, 2.45) is 0 Å². The number of aliphatic hydroxyl groups is 1. The molecule has 7 nitrogen and oxygen atoms in total.